The van der Waals surface area contributed by atoms with Gasteiger partial charge in [0.2, 0.25) is 0 Å². The van der Waals surface area contributed by atoms with Gasteiger partial charge in [0.05, 0.1) is 24.7 Å². The fraction of sp³-hybridized carbons (Fsp3) is 0.455. The third-order valence-electron chi connectivity index (χ3n) is 2.84. The molecule has 1 unspecified atom stereocenters. The molecule has 0 bridgehead atoms. The summed E-state index contributed by atoms with van der Waals surface area (Å²) in [6, 6.07) is 4.39. The van der Waals surface area contributed by atoms with Gasteiger partial charge in [-0.25, -0.2) is 0 Å². The summed E-state index contributed by atoms with van der Waals surface area (Å²) in [5.41, 5.74) is -0.303. The van der Waals surface area contributed by atoms with E-state index in [-0.39, 0.29) is 12.1 Å². The van der Waals surface area contributed by atoms with E-state index in [1.54, 1.807) is 6.07 Å². The SMILES string of the molecule is COc1cc([N+](=O)[O-])cc(C2(CC(Cl)(Cl)Cl)CO2)c1. The number of hydrogen-bond acceptors (Lipinski definition) is 4. The molecular weight excluding hydrogens is 316 g/mol. The first-order chi connectivity index (χ1) is 8.76. The maximum absolute atomic E-state index is 10.9. The largest absolute Gasteiger partial charge is 0.496 e. The lowest BCUT2D eigenvalue weighted by Gasteiger charge is -2.18. The molecule has 1 heterocycles. The van der Waals surface area contributed by atoms with E-state index in [1.165, 1.54) is 19.2 Å². The molecule has 1 saturated heterocycles. The summed E-state index contributed by atoms with van der Waals surface area (Å²) < 4.78 is 8.91. The average Bonchev–Trinajstić information content (AvgIpc) is 3.07. The van der Waals surface area contributed by atoms with Gasteiger partial charge in [0, 0.05) is 12.5 Å². The third-order valence-corrected chi connectivity index (χ3v) is 3.24. The van der Waals surface area contributed by atoms with E-state index in [0.29, 0.717) is 17.9 Å². The van der Waals surface area contributed by atoms with Crippen molar-refractivity contribution >= 4 is 40.5 Å². The van der Waals surface area contributed by atoms with Crippen molar-refractivity contribution in [3.63, 3.8) is 0 Å². The summed E-state index contributed by atoms with van der Waals surface area (Å²) in [5, 5.41) is 10.9. The van der Waals surface area contributed by atoms with E-state index >= 15 is 0 Å². The number of methoxy groups -OCH3 is 1. The van der Waals surface area contributed by atoms with Gasteiger partial charge < -0.3 is 9.47 Å². The quantitative estimate of drug-likeness (QED) is 0.367. The third kappa shape index (κ3) is 3.42. The van der Waals surface area contributed by atoms with E-state index in [1.807, 2.05) is 0 Å². The number of hydrogen-bond donors (Lipinski definition) is 0. The summed E-state index contributed by atoms with van der Waals surface area (Å²) in [5.74, 6) is 0.364. The summed E-state index contributed by atoms with van der Waals surface area (Å²) in [6.07, 6.45) is 0.120. The Morgan fingerprint density at radius 2 is 2.11 bits per heavy atom. The Bertz CT molecular complexity index is 511. The number of benzene rings is 1. The lowest BCUT2D eigenvalue weighted by Crippen LogP contribution is -2.18. The predicted octanol–water partition coefficient (Wildman–Crippen LogP) is 3.59. The van der Waals surface area contributed by atoms with Crippen molar-refractivity contribution in [3.05, 3.63) is 33.9 Å². The second-order valence-electron chi connectivity index (χ2n) is 4.25. The van der Waals surface area contributed by atoms with Crippen LogP contribution in [-0.2, 0) is 10.3 Å². The van der Waals surface area contributed by atoms with Crippen molar-refractivity contribution in [2.75, 3.05) is 13.7 Å². The number of halogens is 3. The number of ether oxygens (including phenoxy) is 2. The summed E-state index contributed by atoms with van der Waals surface area (Å²) in [6.45, 7) is 0.352. The zero-order valence-corrected chi connectivity index (χ0v) is 12.1. The molecule has 1 aromatic carbocycles. The molecule has 19 heavy (non-hydrogen) atoms. The van der Waals surface area contributed by atoms with Gasteiger partial charge in [0.15, 0.2) is 3.79 Å². The molecule has 0 saturated carbocycles. The molecule has 0 N–H and O–H groups in total. The molecule has 0 spiro atoms. The van der Waals surface area contributed by atoms with Gasteiger partial charge in [-0.1, -0.05) is 34.8 Å². The highest BCUT2D eigenvalue weighted by atomic mass is 35.6. The van der Waals surface area contributed by atoms with Crippen LogP contribution < -0.4 is 4.74 Å². The lowest BCUT2D eigenvalue weighted by molar-refractivity contribution is -0.385. The Hall–Kier alpha value is -0.750. The van der Waals surface area contributed by atoms with Crippen LogP contribution in [0.2, 0.25) is 0 Å². The van der Waals surface area contributed by atoms with E-state index in [4.69, 9.17) is 44.3 Å². The van der Waals surface area contributed by atoms with E-state index in [0.717, 1.165) is 0 Å². The molecular formula is C11H10Cl3NO4. The van der Waals surface area contributed by atoms with Gasteiger partial charge in [-0.2, -0.15) is 0 Å². The molecule has 2 rings (SSSR count). The minimum atomic E-state index is -1.49. The minimum absolute atomic E-state index is 0.0893. The molecule has 5 nitrogen and oxygen atoms in total. The number of epoxide rings is 1. The number of non-ortho nitro benzene ring substituents is 1. The molecule has 1 atom stereocenters. The maximum atomic E-state index is 10.9. The molecule has 1 fully saturated rings. The Kier molecular flexibility index (Phi) is 3.84. The second kappa shape index (κ2) is 4.98. The Morgan fingerprint density at radius 3 is 2.53 bits per heavy atom. The highest BCUT2D eigenvalue weighted by Crippen LogP contribution is 2.50. The molecule has 0 aromatic heterocycles. The highest BCUT2D eigenvalue weighted by molar-refractivity contribution is 6.67. The molecule has 8 heteroatoms. The lowest BCUT2D eigenvalue weighted by atomic mass is 9.96. The number of alkyl halides is 3. The predicted molar refractivity (Wildman–Crippen MR) is 72.2 cm³/mol. The van der Waals surface area contributed by atoms with Crippen LogP contribution in [0.5, 0.6) is 5.75 Å². The zero-order valence-electron chi connectivity index (χ0n) is 9.86. The van der Waals surface area contributed by atoms with Crippen LogP contribution in [0, 0.1) is 10.1 Å². The smallest absolute Gasteiger partial charge is 0.273 e. The Balaban J connectivity index is 2.39. The van der Waals surface area contributed by atoms with Crippen LogP contribution in [0.15, 0.2) is 18.2 Å². The Labute approximate surface area is 124 Å². The first-order valence-electron chi connectivity index (χ1n) is 5.30. The molecule has 1 aliphatic heterocycles. The topological polar surface area (TPSA) is 64.9 Å². The van der Waals surface area contributed by atoms with Crippen LogP contribution in [0.4, 0.5) is 5.69 Å². The monoisotopic (exact) mass is 325 g/mol. The molecule has 0 aliphatic carbocycles. The van der Waals surface area contributed by atoms with Crippen molar-refractivity contribution in [1.82, 2.24) is 0 Å². The first-order valence-corrected chi connectivity index (χ1v) is 6.44. The molecule has 104 valence electrons. The molecule has 1 aliphatic rings. The maximum Gasteiger partial charge on any atom is 0.273 e. The average molecular weight is 327 g/mol. The van der Waals surface area contributed by atoms with Gasteiger partial charge in [0.25, 0.3) is 5.69 Å². The van der Waals surface area contributed by atoms with Gasteiger partial charge in [0.1, 0.15) is 11.4 Å². The normalized spacial score (nSPS) is 22.1. The van der Waals surface area contributed by atoms with Crippen LogP contribution >= 0.6 is 34.8 Å². The van der Waals surface area contributed by atoms with Crippen molar-refractivity contribution in [2.45, 2.75) is 15.8 Å². The van der Waals surface area contributed by atoms with Crippen LogP contribution in [-0.4, -0.2) is 22.4 Å². The molecule has 0 radical (unpaired) electrons. The molecule has 0 amide bonds. The van der Waals surface area contributed by atoms with Crippen molar-refractivity contribution < 1.29 is 14.4 Å². The van der Waals surface area contributed by atoms with Gasteiger partial charge in [-0.05, 0) is 11.6 Å². The number of nitro benzene ring substituents is 1. The Morgan fingerprint density at radius 1 is 1.47 bits per heavy atom. The fourth-order valence-electron chi connectivity index (χ4n) is 1.85. The zero-order chi connectivity index (χ0) is 14.3. The van der Waals surface area contributed by atoms with Crippen LogP contribution in [0.25, 0.3) is 0 Å². The van der Waals surface area contributed by atoms with Crippen LogP contribution in [0.3, 0.4) is 0 Å². The number of nitro groups is 1. The van der Waals surface area contributed by atoms with E-state index < -0.39 is 14.3 Å². The van der Waals surface area contributed by atoms with Gasteiger partial charge >= 0.3 is 0 Å². The second-order valence-corrected chi connectivity index (χ2v) is 6.77. The highest BCUT2D eigenvalue weighted by Gasteiger charge is 2.51. The summed E-state index contributed by atoms with van der Waals surface area (Å²) >= 11 is 17.3. The van der Waals surface area contributed by atoms with Gasteiger partial charge in [-0.15, -0.1) is 0 Å². The van der Waals surface area contributed by atoms with Crippen molar-refractivity contribution in [2.24, 2.45) is 0 Å². The van der Waals surface area contributed by atoms with Crippen molar-refractivity contribution in [1.29, 1.82) is 0 Å². The number of rotatable bonds is 4. The van der Waals surface area contributed by atoms with Crippen molar-refractivity contribution in [3.8, 4) is 5.75 Å². The fourth-order valence-corrected chi connectivity index (χ4v) is 2.50. The van der Waals surface area contributed by atoms with Crippen LogP contribution in [0.1, 0.15) is 12.0 Å². The first kappa shape index (κ1) is 14.7. The molecule has 1 aromatic rings. The van der Waals surface area contributed by atoms with E-state index in [9.17, 15) is 10.1 Å². The standard InChI is InChI=1S/C11H10Cl3NO4/c1-18-9-3-7(2-8(4-9)15(16)17)10(6-19-10)5-11(12,13)14/h2-4H,5-6H2,1H3. The summed E-state index contributed by atoms with van der Waals surface area (Å²) in [4.78, 5) is 10.4. The minimum Gasteiger partial charge on any atom is -0.496 e. The number of nitrogens with zero attached hydrogens (tertiary/aromatic N) is 1. The van der Waals surface area contributed by atoms with E-state index in [2.05, 4.69) is 0 Å². The summed E-state index contributed by atoms with van der Waals surface area (Å²) in [7, 11) is 1.43. The van der Waals surface area contributed by atoms with Gasteiger partial charge in [-0.3, -0.25) is 10.1 Å².